The first-order valence-corrected chi connectivity index (χ1v) is 16.4. The molecule has 0 bridgehead atoms. The molecule has 4 aromatic heterocycles. The molecule has 0 saturated carbocycles. The van der Waals surface area contributed by atoms with Gasteiger partial charge < -0.3 is 4.57 Å². The van der Waals surface area contributed by atoms with Crippen molar-refractivity contribution in [2.24, 2.45) is 0 Å². The van der Waals surface area contributed by atoms with Crippen LogP contribution in [0.2, 0.25) is 0 Å². The van der Waals surface area contributed by atoms with E-state index in [-0.39, 0.29) is 0 Å². The number of rotatable bonds is 3. The number of hydrogen-bond donors (Lipinski definition) is 0. The third-order valence-electron chi connectivity index (χ3n) is 9.37. The molecule has 0 N–H and O–H groups in total. The van der Waals surface area contributed by atoms with E-state index in [1.165, 1.54) is 25.6 Å². The third kappa shape index (κ3) is 3.77. The zero-order valence-corrected chi connectivity index (χ0v) is 25.9. The number of fused-ring (bicyclic) bond motifs is 10. The highest BCUT2D eigenvalue weighted by atomic mass is 32.1. The van der Waals surface area contributed by atoms with Crippen molar-refractivity contribution in [1.29, 1.82) is 5.26 Å². The van der Waals surface area contributed by atoms with Crippen LogP contribution >= 0.6 is 11.3 Å². The Kier molecular flexibility index (Phi) is 5.48. The molecule has 0 aliphatic rings. The Balaban J connectivity index is 1.17. The minimum atomic E-state index is 0.665. The number of hydrogen-bond acceptors (Lipinski definition) is 3. The highest BCUT2D eigenvalue weighted by Crippen LogP contribution is 2.43. The van der Waals surface area contributed by atoms with Crippen molar-refractivity contribution in [2.75, 3.05) is 0 Å². The Labute approximate surface area is 273 Å². The Morgan fingerprint density at radius 2 is 1.21 bits per heavy atom. The summed E-state index contributed by atoms with van der Waals surface area (Å²) in [6.07, 6.45) is 1.89. The van der Waals surface area contributed by atoms with Crippen LogP contribution in [0.15, 0.2) is 146 Å². The maximum atomic E-state index is 9.58. The Hall–Kier alpha value is -6.22. The van der Waals surface area contributed by atoms with Gasteiger partial charge in [-0.1, -0.05) is 60.7 Å². The molecule has 10 rings (SSSR count). The van der Waals surface area contributed by atoms with Crippen LogP contribution in [0.4, 0.5) is 0 Å². The van der Waals surface area contributed by atoms with Crippen LogP contribution in [0.1, 0.15) is 5.56 Å². The fourth-order valence-corrected chi connectivity index (χ4v) is 8.49. The molecule has 0 radical (unpaired) electrons. The second kappa shape index (κ2) is 9.89. The van der Waals surface area contributed by atoms with Crippen molar-refractivity contribution >= 4 is 75.3 Å². The highest BCUT2D eigenvalue weighted by Gasteiger charge is 2.19. The zero-order chi connectivity index (χ0) is 31.1. The van der Waals surface area contributed by atoms with Gasteiger partial charge >= 0.3 is 0 Å². The van der Waals surface area contributed by atoms with Gasteiger partial charge in [0, 0.05) is 59.3 Å². The number of aromatic nitrogens is 3. The molecule has 0 aliphatic heterocycles. The molecule has 0 fully saturated rings. The Morgan fingerprint density at radius 3 is 2.04 bits per heavy atom. The topological polar surface area (TPSA) is 46.5 Å². The van der Waals surface area contributed by atoms with Crippen molar-refractivity contribution in [2.45, 2.75) is 0 Å². The molecule has 0 atom stereocenters. The molecular formula is C42H24N4S. The van der Waals surface area contributed by atoms with E-state index in [1.807, 2.05) is 35.7 Å². The maximum Gasteiger partial charge on any atom is 0.145 e. The molecule has 0 unspecified atom stereocenters. The quantitative estimate of drug-likeness (QED) is 0.198. The largest absolute Gasteiger partial charge is 0.309 e. The van der Waals surface area contributed by atoms with Crippen LogP contribution < -0.4 is 0 Å². The Morgan fingerprint density at radius 1 is 0.511 bits per heavy atom. The van der Waals surface area contributed by atoms with Crippen molar-refractivity contribution in [3.05, 3.63) is 151 Å². The molecule has 0 aliphatic carbocycles. The third-order valence-corrected chi connectivity index (χ3v) is 10.5. The number of nitriles is 1. The SMILES string of the molecule is N#Cc1ccc2c(c1)c1ccccc1n2-c1cccc(-c2cccc(-n3c4ccc5sc6ccccc6c5c4c4cccnc43)c2)c1. The second-order valence-corrected chi connectivity index (χ2v) is 13.0. The lowest BCUT2D eigenvalue weighted by molar-refractivity contribution is 1.14. The van der Waals surface area contributed by atoms with Crippen molar-refractivity contribution < 1.29 is 0 Å². The molecule has 218 valence electrons. The van der Waals surface area contributed by atoms with Gasteiger partial charge in [-0.05, 0) is 90.0 Å². The predicted molar refractivity (Wildman–Crippen MR) is 196 cm³/mol. The molecule has 5 heteroatoms. The van der Waals surface area contributed by atoms with E-state index in [1.54, 1.807) is 0 Å². The molecule has 0 spiro atoms. The number of nitrogens with zero attached hydrogens (tertiary/aromatic N) is 4. The minimum Gasteiger partial charge on any atom is -0.309 e. The average molecular weight is 617 g/mol. The maximum absolute atomic E-state index is 9.58. The smallest absolute Gasteiger partial charge is 0.145 e. The van der Waals surface area contributed by atoms with E-state index < -0.39 is 0 Å². The normalized spacial score (nSPS) is 11.8. The number of thiophene rings is 1. The number of benzene rings is 6. The molecule has 6 aromatic carbocycles. The van der Waals surface area contributed by atoms with Crippen molar-refractivity contribution in [1.82, 2.24) is 14.1 Å². The highest BCUT2D eigenvalue weighted by molar-refractivity contribution is 7.26. The summed E-state index contributed by atoms with van der Waals surface area (Å²) >= 11 is 1.85. The minimum absolute atomic E-state index is 0.665. The molecule has 0 amide bonds. The van der Waals surface area contributed by atoms with Gasteiger partial charge in [0.2, 0.25) is 0 Å². The monoisotopic (exact) mass is 616 g/mol. The summed E-state index contributed by atoms with van der Waals surface area (Å²) in [6.45, 7) is 0. The lowest BCUT2D eigenvalue weighted by atomic mass is 10.0. The molecule has 4 nitrogen and oxygen atoms in total. The first kappa shape index (κ1) is 26.0. The predicted octanol–water partition coefficient (Wildman–Crippen LogP) is 11.2. The van der Waals surface area contributed by atoms with E-state index in [0.29, 0.717) is 5.56 Å². The lowest BCUT2D eigenvalue weighted by Crippen LogP contribution is -1.96. The average Bonchev–Trinajstić information content (AvgIpc) is 3.79. The van der Waals surface area contributed by atoms with E-state index >= 15 is 0 Å². The molecular weight excluding hydrogens is 593 g/mol. The number of pyridine rings is 1. The van der Waals surface area contributed by atoms with Gasteiger partial charge in [-0.15, -0.1) is 11.3 Å². The van der Waals surface area contributed by atoms with E-state index in [9.17, 15) is 5.26 Å². The van der Waals surface area contributed by atoms with E-state index in [2.05, 4.69) is 137 Å². The molecule has 10 aromatic rings. The summed E-state index contributed by atoms with van der Waals surface area (Å²) in [4.78, 5) is 4.93. The van der Waals surface area contributed by atoms with Gasteiger partial charge in [0.1, 0.15) is 5.65 Å². The molecule has 47 heavy (non-hydrogen) atoms. The van der Waals surface area contributed by atoms with Crippen LogP contribution in [0.25, 0.3) is 86.4 Å². The van der Waals surface area contributed by atoms with Crippen LogP contribution in [0.3, 0.4) is 0 Å². The fraction of sp³-hybridized carbons (Fsp3) is 0. The van der Waals surface area contributed by atoms with Crippen LogP contribution in [-0.2, 0) is 0 Å². The van der Waals surface area contributed by atoms with Gasteiger partial charge in [-0.25, -0.2) is 4.98 Å². The summed E-state index contributed by atoms with van der Waals surface area (Å²) in [5, 5.41) is 16.8. The van der Waals surface area contributed by atoms with Gasteiger partial charge in [0.05, 0.1) is 28.2 Å². The first-order chi connectivity index (χ1) is 23.3. The van der Waals surface area contributed by atoms with Crippen molar-refractivity contribution in [3.63, 3.8) is 0 Å². The zero-order valence-electron chi connectivity index (χ0n) is 25.1. The fourth-order valence-electron chi connectivity index (χ4n) is 7.38. The lowest BCUT2D eigenvalue weighted by Gasteiger charge is -2.12. The summed E-state index contributed by atoms with van der Waals surface area (Å²) in [6, 6.07) is 51.6. The standard InChI is InChI=1S/C42H24N4S/c43-25-26-17-18-36-34(22-26)31-12-1-3-15-35(31)45(36)29-10-5-8-27(23-29)28-9-6-11-30(24-28)46-37-19-20-39-41(32-13-2-4-16-38(32)47-39)40(37)33-14-7-21-44-42(33)46/h1-24H. The van der Waals surface area contributed by atoms with Crippen LogP contribution in [0.5, 0.6) is 0 Å². The molecule has 4 heterocycles. The van der Waals surface area contributed by atoms with E-state index in [4.69, 9.17) is 4.98 Å². The number of para-hydroxylation sites is 1. The summed E-state index contributed by atoms with van der Waals surface area (Å²) < 4.78 is 7.20. The summed E-state index contributed by atoms with van der Waals surface area (Å²) in [5.74, 6) is 0. The van der Waals surface area contributed by atoms with Crippen molar-refractivity contribution in [3.8, 4) is 28.6 Å². The van der Waals surface area contributed by atoms with Gasteiger partial charge in [-0.3, -0.25) is 4.57 Å². The second-order valence-electron chi connectivity index (χ2n) is 11.9. The van der Waals surface area contributed by atoms with Gasteiger partial charge in [0.15, 0.2) is 0 Å². The summed E-state index contributed by atoms with van der Waals surface area (Å²) in [7, 11) is 0. The van der Waals surface area contributed by atoms with Gasteiger partial charge in [-0.2, -0.15) is 5.26 Å². The Bertz CT molecular complexity index is 2930. The van der Waals surface area contributed by atoms with E-state index in [0.717, 1.165) is 60.9 Å². The van der Waals surface area contributed by atoms with Gasteiger partial charge in [0.25, 0.3) is 0 Å². The van der Waals surface area contributed by atoms with Crippen LogP contribution in [-0.4, -0.2) is 14.1 Å². The van der Waals surface area contributed by atoms with Crippen LogP contribution in [0, 0.1) is 11.3 Å². The summed E-state index contributed by atoms with van der Waals surface area (Å²) in [5.41, 5.74) is 9.39. The molecule has 0 saturated heterocycles. The first-order valence-electron chi connectivity index (χ1n) is 15.6.